The third-order valence-electron chi connectivity index (χ3n) is 1.73. The number of nitrogens with two attached hydrogens (primary N) is 1. The molecular formula is C7H12BN3O2. The van der Waals surface area contributed by atoms with E-state index in [0.29, 0.717) is 11.3 Å². The van der Waals surface area contributed by atoms with E-state index in [0.717, 1.165) is 0 Å². The Kier molecular flexibility index (Phi) is 3.22. The number of hydrogen-bond donors (Lipinski definition) is 2. The fraction of sp³-hybridized carbons (Fsp3) is 0.429. The maximum atomic E-state index is 11.2. The molecule has 0 aliphatic heterocycles. The SMILES string of the molecule is CB(OCN)c1ncc(C)c(=O)[nH]1. The second kappa shape index (κ2) is 4.20. The van der Waals surface area contributed by atoms with Gasteiger partial charge in [-0.1, -0.05) is 6.82 Å². The highest BCUT2D eigenvalue weighted by Crippen LogP contribution is 1.82. The van der Waals surface area contributed by atoms with Crippen molar-refractivity contribution in [3.63, 3.8) is 0 Å². The summed E-state index contributed by atoms with van der Waals surface area (Å²) in [4.78, 5) is 17.8. The van der Waals surface area contributed by atoms with E-state index in [2.05, 4.69) is 9.97 Å². The summed E-state index contributed by atoms with van der Waals surface area (Å²) in [5, 5.41) is 0. The molecular weight excluding hydrogens is 169 g/mol. The zero-order valence-corrected chi connectivity index (χ0v) is 7.70. The Bertz CT molecular complexity index is 339. The summed E-state index contributed by atoms with van der Waals surface area (Å²) in [7, 11) is 0. The molecule has 0 bridgehead atoms. The fourth-order valence-corrected chi connectivity index (χ4v) is 0.902. The van der Waals surface area contributed by atoms with Gasteiger partial charge < -0.3 is 15.4 Å². The van der Waals surface area contributed by atoms with Crippen molar-refractivity contribution in [3.05, 3.63) is 22.1 Å². The standard InChI is InChI=1S/C7H12BN3O2/c1-5-3-10-7(11-6(5)12)8(2)13-4-9/h3H,4,9H2,1-2H3,(H,10,11,12). The van der Waals surface area contributed by atoms with E-state index in [-0.39, 0.29) is 19.2 Å². The van der Waals surface area contributed by atoms with E-state index in [1.54, 1.807) is 13.7 Å². The summed E-state index contributed by atoms with van der Waals surface area (Å²) >= 11 is 0. The molecule has 70 valence electrons. The Balaban J connectivity index is 2.90. The number of hydrogen-bond acceptors (Lipinski definition) is 4. The smallest absolute Gasteiger partial charge is 0.365 e. The monoisotopic (exact) mass is 181 g/mol. The molecule has 3 N–H and O–H groups in total. The number of nitrogens with one attached hydrogen (secondary N) is 1. The van der Waals surface area contributed by atoms with Gasteiger partial charge >= 0.3 is 6.92 Å². The van der Waals surface area contributed by atoms with E-state index in [1.165, 1.54) is 6.20 Å². The molecule has 13 heavy (non-hydrogen) atoms. The van der Waals surface area contributed by atoms with Crippen molar-refractivity contribution in [2.45, 2.75) is 13.7 Å². The lowest BCUT2D eigenvalue weighted by Crippen LogP contribution is -2.40. The largest absolute Gasteiger partial charge is 0.416 e. The van der Waals surface area contributed by atoms with Crippen LogP contribution < -0.4 is 17.0 Å². The molecule has 0 saturated heterocycles. The van der Waals surface area contributed by atoms with Gasteiger partial charge in [-0.2, -0.15) is 0 Å². The van der Waals surface area contributed by atoms with Crippen LogP contribution in [0.5, 0.6) is 0 Å². The van der Waals surface area contributed by atoms with Crippen molar-refractivity contribution in [2.24, 2.45) is 5.73 Å². The molecule has 0 spiro atoms. The highest BCUT2D eigenvalue weighted by molar-refractivity contribution is 6.64. The topological polar surface area (TPSA) is 81.0 Å². The lowest BCUT2D eigenvalue weighted by molar-refractivity contribution is 0.341. The van der Waals surface area contributed by atoms with E-state index in [9.17, 15) is 4.79 Å². The van der Waals surface area contributed by atoms with Gasteiger partial charge in [-0.15, -0.1) is 0 Å². The molecule has 1 heterocycles. The van der Waals surface area contributed by atoms with Gasteiger partial charge in [0.25, 0.3) is 5.56 Å². The zero-order chi connectivity index (χ0) is 9.84. The van der Waals surface area contributed by atoms with Crippen LogP contribution in [0.4, 0.5) is 0 Å². The second-order valence-corrected chi connectivity index (χ2v) is 2.76. The van der Waals surface area contributed by atoms with Gasteiger partial charge in [-0.3, -0.25) is 9.78 Å². The van der Waals surface area contributed by atoms with Crippen molar-refractivity contribution in [2.75, 3.05) is 6.73 Å². The lowest BCUT2D eigenvalue weighted by atomic mass is 9.70. The van der Waals surface area contributed by atoms with Crippen LogP contribution in [0.15, 0.2) is 11.0 Å². The average molecular weight is 181 g/mol. The quantitative estimate of drug-likeness (QED) is 0.455. The molecule has 0 radical (unpaired) electrons. The summed E-state index contributed by atoms with van der Waals surface area (Å²) in [6, 6.07) is 0. The van der Waals surface area contributed by atoms with Crippen molar-refractivity contribution in [1.29, 1.82) is 0 Å². The Labute approximate surface area is 76.4 Å². The highest BCUT2D eigenvalue weighted by Gasteiger charge is 2.13. The first kappa shape index (κ1) is 9.95. The second-order valence-electron chi connectivity index (χ2n) is 2.76. The third-order valence-corrected chi connectivity index (χ3v) is 1.73. The van der Waals surface area contributed by atoms with Gasteiger partial charge in [0, 0.05) is 11.8 Å². The normalized spacial score (nSPS) is 10.1. The van der Waals surface area contributed by atoms with Crippen molar-refractivity contribution >= 4 is 12.6 Å². The number of aromatic nitrogens is 2. The summed E-state index contributed by atoms with van der Waals surface area (Å²) < 4.78 is 5.07. The third kappa shape index (κ3) is 2.40. The molecule has 0 amide bonds. The Morgan fingerprint density at radius 1 is 1.77 bits per heavy atom. The molecule has 0 unspecified atom stereocenters. The van der Waals surface area contributed by atoms with Crippen LogP contribution in [0.1, 0.15) is 5.56 Å². The van der Waals surface area contributed by atoms with Gasteiger partial charge in [-0.05, 0) is 6.92 Å². The van der Waals surface area contributed by atoms with Crippen LogP contribution in [0.25, 0.3) is 0 Å². The van der Waals surface area contributed by atoms with Crippen LogP contribution in [-0.4, -0.2) is 23.6 Å². The molecule has 0 fully saturated rings. The maximum Gasteiger partial charge on any atom is 0.365 e. The first-order chi connectivity index (χ1) is 6.15. The van der Waals surface area contributed by atoms with Crippen LogP contribution in [0, 0.1) is 6.92 Å². The number of nitrogens with zero attached hydrogens (tertiary/aromatic N) is 1. The summed E-state index contributed by atoms with van der Waals surface area (Å²) in [5.74, 6) is 0. The maximum absolute atomic E-state index is 11.2. The van der Waals surface area contributed by atoms with Crippen LogP contribution in [-0.2, 0) is 4.65 Å². The minimum Gasteiger partial charge on any atom is -0.416 e. The van der Waals surface area contributed by atoms with Gasteiger partial charge in [0.2, 0.25) is 0 Å². The Morgan fingerprint density at radius 3 is 3.00 bits per heavy atom. The van der Waals surface area contributed by atoms with Crippen molar-refractivity contribution in [1.82, 2.24) is 9.97 Å². The molecule has 0 saturated carbocycles. The summed E-state index contributed by atoms with van der Waals surface area (Å²) in [5.41, 5.74) is 6.14. The molecule has 0 aliphatic carbocycles. The van der Waals surface area contributed by atoms with Gasteiger partial charge in [-0.25, -0.2) is 0 Å². The predicted octanol–water partition coefficient (Wildman–Crippen LogP) is -1.16. The average Bonchev–Trinajstić information content (AvgIpc) is 2.10. The number of rotatable bonds is 3. The first-order valence-electron chi connectivity index (χ1n) is 4.02. The van der Waals surface area contributed by atoms with Gasteiger partial charge in [0.15, 0.2) is 0 Å². The molecule has 1 aromatic heterocycles. The van der Waals surface area contributed by atoms with E-state index in [1.807, 2.05) is 0 Å². The lowest BCUT2D eigenvalue weighted by Gasteiger charge is -2.06. The number of aryl methyl sites for hydroxylation is 1. The molecule has 5 nitrogen and oxygen atoms in total. The molecule has 0 atom stereocenters. The summed E-state index contributed by atoms with van der Waals surface area (Å²) in [6.07, 6.45) is 1.52. The number of H-pyrrole nitrogens is 1. The first-order valence-corrected chi connectivity index (χ1v) is 4.02. The zero-order valence-electron chi connectivity index (χ0n) is 7.70. The molecule has 1 rings (SSSR count). The van der Waals surface area contributed by atoms with E-state index in [4.69, 9.17) is 10.4 Å². The highest BCUT2D eigenvalue weighted by atomic mass is 16.4. The van der Waals surface area contributed by atoms with Crippen LogP contribution >= 0.6 is 0 Å². The van der Waals surface area contributed by atoms with E-state index >= 15 is 0 Å². The van der Waals surface area contributed by atoms with Gasteiger partial charge in [0.05, 0.1) is 6.73 Å². The van der Waals surface area contributed by atoms with E-state index < -0.39 is 0 Å². The Hall–Kier alpha value is -1.14. The molecule has 0 aromatic carbocycles. The minimum atomic E-state index is -0.279. The van der Waals surface area contributed by atoms with Crippen LogP contribution in [0.3, 0.4) is 0 Å². The minimum absolute atomic E-state index is 0.110. The van der Waals surface area contributed by atoms with Gasteiger partial charge in [0.1, 0.15) is 5.72 Å². The molecule has 6 heteroatoms. The summed E-state index contributed by atoms with van der Waals surface area (Å²) in [6.45, 7) is 3.31. The van der Waals surface area contributed by atoms with Crippen LogP contribution in [0.2, 0.25) is 6.82 Å². The Morgan fingerprint density at radius 2 is 2.46 bits per heavy atom. The van der Waals surface area contributed by atoms with Crippen molar-refractivity contribution in [3.8, 4) is 0 Å². The number of aromatic amines is 1. The fourth-order valence-electron chi connectivity index (χ4n) is 0.902. The molecule has 0 aliphatic rings. The predicted molar refractivity (Wildman–Crippen MR) is 51.0 cm³/mol. The molecule has 1 aromatic rings. The van der Waals surface area contributed by atoms with Crippen molar-refractivity contribution < 1.29 is 4.65 Å².